The number of pyridine rings is 1. The summed E-state index contributed by atoms with van der Waals surface area (Å²) < 4.78 is 8.77. The molecule has 0 aliphatic carbocycles. The number of hydrogen-bond donors (Lipinski definition) is 0. The molecule has 0 N–H and O–H groups in total. The molecule has 2 heterocycles. The summed E-state index contributed by atoms with van der Waals surface area (Å²) in [6.07, 6.45) is 0. The number of aromatic nitrogens is 3. The standard InChI is InChI=1S/C18H18BrN3O3/c1-4-25-16(23)10-21-14-7-5-6-11(2)17(14)22(18(21)24)13-8-9-15(19)20-12(13)3/h5-9H,4,10H2,1-3H3. The maximum atomic E-state index is 13.1. The first-order chi connectivity index (χ1) is 11.9. The van der Waals surface area contributed by atoms with Crippen LogP contribution >= 0.6 is 15.9 Å². The third-order valence-corrected chi connectivity index (χ3v) is 4.45. The molecule has 0 amide bonds. The predicted octanol–water partition coefficient (Wildman–Crippen LogP) is 3.13. The van der Waals surface area contributed by atoms with Crippen molar-refractivity contribution in [2.24, 2.45) is 0 Å². The van der Waals surface area contributed by atoms with Crippen molar-refractivity contribution in [3.8, 4) is 5.69 Å². The van der Waals surface area contributed by atoms with E-state index in [2.05, 4.69) is 20.9 Å². The Morgan fingerprint density at radius 2 is 2.00 bits per heavy atom. The zero-order chi connectivity index (χ0) is 18.1. The monoisotopic (exact) mass is 403 g/mol. The largest absolute Gasteiger partial charge is 0.465 e. The Hall–Kier alpha value is -2.41. The van der Waals surface area contributed by atoms with Gasteiger partial charge in [-0.1, -0.05) is 12.1 Å². The van der Waals surface area contributed by atoms with Crippen molar-refractivity contribution in [3.63, 3.8) is 0 Å². The molecule has 0 atom stereocenters. The number of benzene rings is 1. The number of ether oxygens (including phenoxy) is 1. The lowest BCUT2D eigenvalue weighted by Crippen LogP contribution is -2.27. The third kappa shape index (κ3) is 3.11. The van der Waals surface area contributed by atoms with Gasteiger partial charge >= 0.3 is 11.7 Å². The van der Waals surface area contributed by atoms with Crippen LogP contribution in [0.25, 0.3) is 16.7 Å². The molecule has 25 heavy (non-hydrogen) atoms. The SMILES string of the molecule is CCOC(=O)Cn1c(=O)n(-c2ccc(Br)nc2C)c2c(C)cccc21. The highest BCUT2D eigenvalue weighted by molar-refractivity contribution is 9.10. The summed E-state index contributed by atoms with van der Waals surface area (Å²) in [5.74, 6) is -0.434. The first-order valence-corrected chi connectivity index (χ1v) is 8.73. The molecule has 0 saturated heterocycles. The van der Waals surface area contributed by atoms with E-state index in [-0.39, 0.29) is 18.8 Å². The summed E-state index contributed by atoms with van der Waals surface area (Å²) in [5, 5.41) is 0. The van der Waals surface area contributed by atoms with Crippen molar-refractivity contribution in [2.45, 2.75) is 27.3 Å². The molecule has 0 bridgehead atoms. The van der Waals surface area contributed by atoms with Gasteiger partial charge in [-0.15, -0.1) is 0 Å². The zero-order valence-electron chi connectivity index (χ0n) is 14.2. The van der Waals surface area contributed by atoms with Gasteiger partial charge in [0.15, 0.2) is 0 Å². The number of hydrogen-bond acceptors (Lipinski definition) is 4. The summed E-state index contributed by atoms with van der Waals surface area (Å²) in [4.78, 5) is 29.4. The van der Waals surface area contributed by atoms with Gasteiger partial charge in [0.05, 0.1) is 29.0 Å². The van der Waals surface area contributed by atoms with E-state index in [4.69, 9.17) is 4.74 Å². The molecule has 2 aromatic heterocycles. The molecule has 3 aromatic rings. The maximum absolute atomic E-state index is 13.1. The van der Waals surface area contributed by atoms with E-state index in [1.807, 2.05) is 38.1 Å². The lowest BCUT2D eigenvalue weighted by atomic mass is 10.2. The molecule has 3 rings (SSSR count). The molecule has 7 heteroatoms. The Morgan fingerprint density at radius 3 is 2.68 bits per heavy atom. The lowest BCUT2D eigenvalue weighted by Gasteiger charge is -2.08. The average molecular weight is 404 g/mol. The summed E-state index contributed by atoms with van der Waals surface area (Å²) in [6, 6.07) is 9.28. The topological polar surface area (TPSA) is 66.1 Å². The lowest BCUT2D eigenvalue weighted by molar-refractivity contribution is -0.143. The molecular formula is C18H18BrN3O3. The normalized spacial score (nSPS) is 11.0. The van der Waals surface area contributed by atoms with Crippen molar-refractivity contribution < 1.29 is 9.53 Å². The van der Waals surface area contributed by atoms with Crippen molar-refractivity contribution >= 4 is 32.9 Å². The van der Waals surface area contributed by atoms with Crippen LogP contribution in [0.1, 0.15) is 18.2 Å². The van der Waals surface area contributed by atoms with Crippen LogP contribution in [0.4, 0.5) is 0 Å². The van der Waals surface area contributed by atoms with Gasteiger partial charge in [0.1, 0.15) is 11.1 Å². The van der Waals surface area contributed by atoms with Gasteiger partial charge in [0, 0.05) is 0 Å². The van der Waals surface area contributed by atoms with E-state index in [9.17, 15) is 9.59 Å². The number of carbonyl (C=O) groups is 1. The molecule has 0 radical (unpaired) electrons. The fraction of sp³-hybridized carbons (Fsp3) is 0.278. The molecule has 0 spiro atoms. The van der Waals surface area contributed by atoms with Crippen LogP contribution in [0.3, 0.4) is 0 Å². The van der Waals surface area contributed by atoms with Crippen molar-refractivity contribution in [1.82, 2.24) is 14.1 Å². The van der Waals surface area contributed by atoms with E-state index in [1.165, 1.54) is 4.57 Å². The number of para-hydroxylation sites is 1. The molecule has 0 fully saturated rings. The number of esters is 1. The van der Waals surface area contributed by atoms with E-state index < -0.39 is 5.97 Å². The molecule has 130 valence electrons. The minimum Gasteiger partial charge on any atom is -0.465 e. The van der Waals surface area contributed by atoms with Gasteiger partial charge in [-0.05, 0) is 60.5 Å². The Bertz CT molecular complexity index is 1020. The third-order valence-electron chi connectivity index (χ3n) is 4.01. The van der Waals surface area contributed by atoms with Gasteiger partial charge in [-0.2, -0.15) is 0 Å². The molecular weight excluding hydrogens is 386 g/mol. The Balaban J connectivity index is 2.30. The second kappa shape index (κ2) is 6.84. The number of aryl methyl sites for hydroxylation is 2. The van der Waals surface area contributed by atoms with E-state index in [0.29, 0.717) is 15.8 Å². The molecule has 0 aliphatic heterocycles. The van der Waals surface area contributed by atoms with Gasteiger partial charge in [-0.25, -0.2) is 9.78 Å². The van der Waals surface area contributed by atoms with Crippen LogP contribution in [0, 0.1) is 13.8 Å². The fourth-order valence-electron chi connectivity index (χ4n) is 2.94. The van der Waals surface area contributed by atoms with Gasteiger partial charge in [0.2, 0.25) is 0 Å². The van der Waals surface area contributed by atoms with Crippen LogP contribution in [0.2, 0.25) is 0 Å². The highest BCUT2D eigenvalue weighted by atomic mass is 79.9. The van der Waals surface area contributed by atoms with Gasteiger partial charge in [0.25, 0.3) is 0 Å². The molecule has 1 aromatic carbocycles. The number of carbonyl (C=O) groups excluding carboxylic acids is 1. The molecule has 0 unspecified atom stereocenters. The van der Waals surface area contributed by atoms with Crippen LogP contribution in [-0.4, -0.2) is 26.7 Å². The summed E-state index contributed by atoms with van der Waals surface area (Å²) in [5.41, 5.74) is 3.53. The second-order valence-corrected chi connectivity index (χ2v) is 6.50. The molecule has 6 nitrogen and oxygen atoms in total. The number of rotatable bonds is 4. The minimum atomic E-state index is -0.434. The molecule has 0 aliphatic rings. The van der Waals surface area contributed by atoms with Crippen molar-refractivity contribution in [2.75, 3.05) is 6.61 Å². The Kier molecular flexibility index (Phi) is 4.76. The van der Waals surface area contributed by atoms with Gasteiger partial charge in [-0.3, -0.25) is 13.9 Å². The number of imidazole rings is 1. The number of nitrogens with zero attached hydrogens (tertiary/aromatic N) is 3. The summed E-state index contributed by atoms with van der Waals surface area (Å²) in [7, 11) is 0. The Morgan fingerprint density at radius 1 is 1.24 bits per heavy atom. The average Bonchev–Trinajstić information content (AvgIpc) is 2.82. The zero-order valence-corrected chi connectivity index (χ0v) is 15.8. The number of halogens is 1. The van der Waals surface area contributed by atoms with Crippen molar-refractivity contribution in [1.29, 1.82) is 0 Å². The number of fused-ring (bicyclic) bond motifs is 1. The van der Waals surface area contributed by atoms with E-state index >= 15 is 0 Å². The van der Waals surface area contributed by atoms with Crippen LogP contribution in [-0.2, 0) is 16.1 Å². The van der Waals surface area contributed by atoms with Crippen LogP contribution in [0.15, 0.2) is 39.7 Å². The predicted molar refractivity (Wildman–Crippen MR) is 99.1 cm³/mol. The summed E-state index contributed by atoms with van der Waals surface area (Å²) in [6.45, 7) is 5.68. The van der Waals surface area contributed by atoms with Crippen LogP contribution < -0.4 is 5.69 Å². The van der Waals surface area contributed by atoms with E-state index in [0.717, 1.165) is 16.8 Å². The smallest absolute Gasteiger partial charge is 0.334 e. The second-order valence-electron chi connectivity index (χ2n) is 5.69. The fourth-order valence-corrected chi connectivity index (χ4v) is 3.34. The first-order valence-electron chi connectivity index (χ1n) is 7.94. The minimum absolute atomic E-state index is 0.122. The maximum Gasteiger partial charge on any atom is 0.334 e. The first kappa shape index (κ1) is 17.4. The highest BCUT2D eigenvalue weighted by Gasteiger charge is 2.19. The van der Waals surface area contributed by atoms with Crippen LogP contribution in [0.5, 0.6) is 0 Å². The van der Waals surface area contributed by atoms with E-state index in [1.54, 1.807) is 17.6 Å². The Labute approximate surface area is 153 Å². The molecule has 0 saturated carbocycles. The quantitative estimate of drug-likeness (QED) is 0.495. The van der Waals surface area contributed by atoms with Gasteiger partial charge < -0.3 is 4.74 Å². The summed E-state index contributed by atoms with van der Waals surface area (Å²) >= 11 is 3.34. The highest BCUT2D eigenvalue weighted by Crippen LogP contribution is 2.23. The van der Waals surface area contributed by atoms with Crippen molar-refractivity contribution in [3.05, 3.63) is 56.7 Å².